The van der Waals surface area contributed by atoms with Crippen LogP contribution in [0.5, 0.6) is 5.75 Å². The molecule has 2 saturated heterocycles. The maximum Gasteiger partial charge on any atom is 0.321 e. The normalized spacial score (nSPS) is 20.0. The second-order valence-electron chi connectivity index (χ2n) is 7.34. The average Bonchev–Trinajstić information content (AvgIpc) is 3.05. The van der Waals surface area contributed by atoms with Gasteiger partial charge in [-0.15, -0.1) is 0 Å². The molecule has 2 amide bonds. The number of carbonyl (C=O) groups excluding carboxylic acids is 1. The molecule has 142 valence electrons. The third-order valence-corrected chi connectivity index (χ3v) is 5.64. The molecule has 0 spiro atoms. The Bertz CT molecular complexity index is 808. The van der Waals surface area contributed by atoms with E-state index in [2.05, 4.69) is 10.2 Å². The Morgan fingerprint density at radius 1 is 1.07 bits per heavy atom. The Balaban J connectivity index is 1.53. The van der Waals surface area contributed by atoms with Crippen molar-refractivity contribution in [3.05, 3.63) is 48.5 Å². The first-order valence-corrected chi connectivity index (χ1v) is 9.78. The molecule has 0 radical (unpaired) electrons. The lowest BCUT2D eigenvalue weighted by atomic mass is 10.0. The van der Waals surface area contributed by atoms with Crippen LogP contribution in [0.1, 0.15) is 19.3 Å². The van der Waals surface area contributed by atoms with Gasteiger partial charge >= 0.3 is 6.03 Å². The van der Waals surface area contributed by atoms with Gasteiger partial charge in [0.2, 0.25) is 0 Å². The molecule has 2 aliphatic rings. The number of fused-ring (bicyclic) bond motifs is 1. The van der Waals surface area contributed by atoms with Crippen LogP contribution in [-0.2, 0) is 0 Å². The van der Waals surface area contributed by atoms with Crippen molar-refractivity contribution in [2.75, 3.05) is 38.6 Å². The van der Waals surface area contributed by atoms with Crippen LogP contribution in [-0.4, -0.2) is 55.2 Å². The SMILES string of the molecule is COc1cccc(-c2ccccc2NC(=O)N2CCCN3CCC[C@H]3C2)c1. The van der Waals surface area contributed by atoms with E-state index in [0.29, 0.717) is 6.04 Å². The van der Waals surface area contributed by atoms with Crippen molar-refractivity contribution in [2.24, 2.45) is 0 Å². The molecule has 2 fully saturated rings. The molecular formula is C22H27N3O2. The largest absolute Gasteiger partial charge is 0.497 e. The molecule has 1 N–H and O–H groups in total. The highest BCUT2D eigenvalue weighted by Crippen LogP contribution is 2.30. The Morgan fingerprint density at radius 2 is 1.93 bits per heavy atom. The summed E-state index contributed by atoms with van der Waals surface area (Å²) in [5, 5.41) is 3.15. The molecule has 0 unspecified atom stereocenters. The molecule has 5 nitrogen and oxygen atoms in total. The molecule has 5 heteroatoms. The number of benzene rings is 2. The van der Waals surface area contributed by atoms with E-state index in [1.54, 1.807) is 7.11 Å². The van der Waals surface area contributed by atoms with Gasteiger partial charge in [0, 0.05) is 31.2 Å². The number of amides is 2. The number of hydrogen-bond donors (Lipinski definition) is 1. The zero-order chi connectivity index (χ0) is 18.6. The van der Waals surface area contributed by atoms with Gasteiger partial charge in [0.05, 0.1) is 12.8 Å². The van der Waals surface area contributed by atoms with E-state index in [9.17, 15) is 4.79 Å². The molecule has 0 aliphatic carbocycles. The van der Waals surface area contributed by atoms with E-state index in [0.717, 1.165) is 48.6 Å². The Kier molecular flexibility index (Phi) is 5.30. The van der Waals surface area contributed by atoms with Crippen molar-refractivity contribution in [3.8, 4) is 16.9 Å². The third kappa shape index (κ3) is 3.93. The average molecular weight is 365 g/mol. The highest BCUT2D eigenvalue weighted by Gasteiger charge is 2.30. The lowest BCUT2D eigenvalue weighted by Crippen LogP contribution is -2.41. The van der Waals surface area contributed by atoms with E-state index < -0.39 is 0 Å². The molecule has 2 aliphatic heterocycles. The molecule has 2 aromatic rings. The fraction of sp³-hybridized carbons (Fsp3) is 0.409. The third-order valence-electron chi connectivity index (χ3n) is 5.64. The van der Waals surface area contributed by atoms with Crippen LogP contribution in [0.15, 0.2) is 48.5 Å². The van der Waals surface area contributed by atoms with E-state index in [1.807, 2.05) is 53.4 Å². The number of rotatable bonds is 3. The Hall–Kier alpha value is -2.53. The van der Waals surface area contributed by atoms with Crippen molar-refractivity contribution < 1.29 is 9.53 Å². The van der Waals surface area contributed by atoms with E-state index >= 15 is 0 Å². The first-order chi connectivity index (χ1) is 13.2. The highest BCUT2D eigenvalue weighted by molar-refractivity contribution is 5.94. The van der Waals surface area contributed by atoms with Crippen LogP contribution >= 0.6 is 0 Å². The zero-order valence-electron chi connectivity index (χ0n) is 15.9. The minimum Gasteiger partial charge on any atom is -0.497 e. The number of hydrogen-bond acceptors (Lipinski definition) is 3. The first kappa shape index (κ1) is 17.9. The summed E-state index contributed by atoms with van der Waals surface area (Å²) in [6.45, 7) is 3.93. The van der Waals surface area contributed by atoms with E-state index in [4.69, 9.17) is 4.74 Å². The predicted molar refractivity (Wildman–Crippen MR) is 108 cm³/mol. The molecule has 0 bridgehead atoms. The standard InChI is InChI=1S/C22H27N3O2/c1-27-19-9-4-7-17(15-19)20-10-2-3-11-21(20)23-22(26)25-14-6-13-24-12-5-8-18(24)16-25/h2-4,7,9-11,15,18H,5-6,8,12-14,16H2,1H3,(H,23,26)/t18-/m0/s1. The molecule has 2 aromatic carbocycles. The summed E-state index contributed by atoms with van der Waals surface area (Å²) >= 11 is 0. The van der Waals surface area contributed by atoms with E-state index in [-0.39, 0.29) is 6.03 Å². The molecule has 0 saturated carbocycles. The second-order valence-corrected chi connectivity index (χ2v) is 7.34. The summed E-state index contributed by atoms with van der Waals surface area (Å²) in [5.41, 5.74) is 2.87. The van der Waals surface area contributed by atoms with Crippen LogP contribution in [0.3, 0.4) is 0 Å². The number of methoxy groups -OCH3 is 1. The van der Waals surface area contributed by atoms with Crippen LogP contribution in [0.4, 0.5) is 10.5 Å². The van der Waals surface area contributed by atoms with E-state index in [1.165, 1.54) is 19.4 Å². The fourth-order valence-corrected chi connectivity index (χ4v) is 4.22. The van der Waals surface area contributed by atoms with Crippen LogP contribution in [0.25, 0.3) is 11.1 Å². The molecule has 4 rings (SSSR count). The quantitative estimate of drug-likeness (QED) is 0.892. The van der Waals surface area contributed by atoms with Gasteiger partial charge in [0.1, 0.15) is 5.75 Å². The smallest absolute Gasteiger partial charge is 0.321 e. The van der Waals surface area contributed by atoms with Crippen molar-refractivity contribution in [3.63, 3.8) is 0 Å². The van der Waals surface area contributed by atoms with Gasteiger partial charge in [-0.1, -0.05) is 30.3 Å². The molecule has 27 heavy (non-hydrogen) atoms. The summed E-state index contributed by atoms with van der Waals surface area (Å²) in [6, 6.07) is 16.4. The van der Waals surface area contributed by atoms with Crippen LogP contribution in [0.2, 0.25) is 0 Å². The lowest BCUT2D eigenvalue weighted by Gasteiger charge is -2.26. The number of ether oxygens (including phenoxy) is 1. The number of carbonyl (C=O) groups is 1. The Morgan fingerprint density at radius 3 is 2.81 bits per heavy atom. The van der Waals surface area contributed by atoms with Gasteiger partial charge in [-0.05, 0) is 49.6 Å². The number of anilines is 1. The Labute approximate surface area is 160 Å². The van der Waals surface area contributed by atoms with Crippen molar-refractivity contribution in [1.29, 1.82) is 0 Å². The monoisotopic (exact) mass is 365 g/mol. The predicted octanol–water partition coefficient (Wildman–Crippen LogP) is 4.06. The maximum atomic E-state index is 13.0. The van der Waals surface area contributed by atoms with Gasteiger partial charge in [-0.25, -0.2) is 4.79 Å². The maximum absolute atomic E-state index is 13.0. The minimum absolute atomic E-state index is 0.000837. The highest BCUT2D eigenvalue weighted by atomic mass is 16.5. The summed E-state index contributed by atoms with van der Waals surface area (Å²) in [4.78, 5) is 17.5. The lowest BCUT2D eigenvalue weighted by molar-refractivity contribution is 0.200. The first-order valence-electron chi connectivity index (χ1n) is 9.78. The van der Waals surface area contributed by atoms with Gasteiger partial charge in [0.25, 0.3) is 0 Å². The summed E-state index contributed by atoms with van der Waals surface area (Å²) in [6.07, 6.45) is 3.49. The van der Waals surface area contributed by atoms with Gasteiger partial charge in [0.15, 0.2) is 0 Å². The summed E-state index contributed by atoms with van der Waals surface area (Å²) in [5.74, 6) is 0.808. The van der Waals surface area contributed by atoms with Crippen molar-refractivity contribution >= 4 is 11.7 Å². The van der Waals surface area contributed by atoms with Gasteiger partial charge in [-0.3, -0.25) is 4.90 Å². The zero-order valence-corrected chi connectivity index (χ0v) is 15.9. The number of para-hydroxylation sites is 1. The van der Waals surface area contributed by atoms with Crippen molar-refractivity contribution in [1.82, 2.24) is 9.80 Å². The van der Waals surface area contributed by atoms with Crippen molar-refractivity contribution in [2.45, 2.75) is 25.3 Å². The number of nitrogens with one attached hydrogen (secondary N) is 1. The molecule has 1 atom stereocenters. The number of nitrogens with zero attached hydrogens (tertiary/aromatic N) is 2. The summed E-state index contributed by atoms with van der Waals surface area (Å²) in [7, 11) is 1.67. The molecule has 0 aromatic heterocycles. The minimum atomic E-state index is -0.000837. The second kappa shape index (κ2) is 8.01. The molecular weight excluding hydrogens is 338 g/mol. The van der Waals surface area contributed by atoms with Crippen LogP contribution in [0, 0.1) is 0 Å². The van der Waals surface area contributed by atoms with Gasteiger partial charge < -0.3 is 15.0 Å². The van der Waals surface area contributed by atoms with Gasteiger partial charge in [-0.2, -0.15) is 0 Å². The topological polar surface area (TPSA) is 44.8 Å². The van der Waals surface area contributed by atoms with Crippen LogP contribution < -0.4 is 10.1 Å². The fourth-order valence-electron chi connectivity index (χ4n) is 4.22. The number of urea groups is 1. The summed E-state index contributed by atoms with van der Waals surface area (Å²) < 4.78 is 5.35. The molecule has 2 heterocycles.